The zero-order valence-electron chi connectivity index (χ0n) is 14.3. The second-order valence-corrected chi connectivity index (χ2v) is 8.15. The number of carbonyl (C=O) groups is 1. The Hall–Kier alpha value is -1.76. The molecule has 5 heteroatoms. The first-order chi connectivity index (χ1) is 12.6. The van der Waals surface area contributed by atoms with E-state index in [2.05, 4.69) is 32.8 Å². The quantitative estimate of drug-likeness (QED) is 0.517. The van der Waals surface area contributed by atoms with Gasteiger partial charge in [0.15, 0.2) is 0 Å². The molecule has 1 aliphatic rings. The number of hydrogen-bond acceptors (Lipinski definition) is 2. The maximum atomic E-state index is 14.4. The van der Waals surface area contributed by atoms with Crippen molar-refractivity contribution < 1.29 is 9.18 Å². The lowest BCUT2D eigenvalue weighted by Crippen LogP contribution is -2.23. The zero-order valence-corrected chi connectivity index (χ0v) is 16.5. The smallest absolute Gasteiger partial charge is 0.145 e. The maximum absolute atomic E-state index is 14.4. The van der Waals surface area contributed by atoms with Gasteiger partial charge in [0.25, 0.3) is 0 Å². The summed E-state index contributed by atoms with van der Waals surface area (Å²) in [6, 6.07) is 12.7. The van der Waals surface area contributed by atoms with E-state index in [1.807, 2.05) is 24.3 Å². The first-order valence-corrected chi connectivity index (χ1v) is 10.1. The van der Waals surface area contributed by atoms with Crippen LogP contribution in [0.3, 0.4) is 0 Å². The molecular weight excluding hydrogens is 442 g/mol. The van der Waals surface area contributed by atoms with E-state index in [4.69, 9.17) is 0 Å². The summed E-state index contributed by atoms with van der Waals surface area (Å²) < 4.78 is 15.4. The molecule has 1 unspecified atom stereocenters. The number of rotatable bonds is 5. The van der Waals surface area contributed by atoms with Crippen LogP contribution >= 0.6 is 22.6 Å². The molecule has 1 atom stereocenters. The first kappa shape index (κ1) is 17.6. The van der Waals surface area contributed by atoms with Crippen LogP contribution in [0, 0.1) is 15.4 Å². The Morgan fingerprint density at radius 3 is 2.77 bits per heavy atom. The maximum Gasteiger partial charge on any atom is 0.145 e. The lowest BCUT2D eigenvalue weighted by Gasteiger charge is -2.23. The molecule has 3 aromatic rings. The van der Waals surface area contributed by atoms with Gasteiger partial charge in [0.2, 0.25) is 0 Å². The molecule has 0 radical (unpaired) electrons. The number of fused-ring (bicyclic) bond motifs is 1. The van der Waals surface area contributed by atoms with Gasteiger partial charge in [-0.15, -0.1) is 0 Å². The summed E-state index contributed by atoms with van der Waals surface area (Å²) in [4.78, 5) is 13.2. The van der Waals surface area contributed by atoms with E-state index in [1.165, 1.54) is 6.07 Å². The average Bonchev–Trinajstić information content (AvgIpc) is 3.28. The lowest BCUT2D eigenvalue weighted by molar-refractivity contribution is -0.121. The van der Waals surface area contributed by atoms with Crippen molar-refractivity contribution in [2.75, 3.05) is 0 Å². The lowest BCUT2D eigenvalue weighted by atomic mass is 9.79. The van der Waals surface area contributed by atoms with Crippen molar-refractivity contribution in [3.05, 3.63) is 63.1 Å². The van der Waals surface area contributed by atoms with E-state index in [0.717, 1.165) is 45.9 Å². The van der Waals surface area contributed by atoms with Crippen molar-refractivity contribution in [2.45, 2.75) is 38.0 Å². The van der Waals surface area contributed by atoms with E-state index in [1.54, 1.807) is 12.1 Å². The molecule has 1 N–H and O–H groups in total. The third kappa shape index (κ3) is 3.41. The Morgan fingerprint density at radius 1 is 1.23 bits per heavy atom. The van der Waals surface area contributed by atoms with Crippen LogP contribution in [0.4, 0.5) is 4.39 Å². The van der Waals surface area contributed by atoms with Gasteiger partial charge in [0.05, 0.1) is 5.52 Å². The molecule has 1 fully saturated rings. The molecule has 3 nitrogen and oxygen atoms in total. The topological polar surface area (TPSA) is 45.8 Å². The average molecular weight is 462 g/mol. The van der Waals surface area contributed by atoms with E-state index in [9.17, 15) is 9.18 Å². The molecule has 0 saturated heterocycles. The molecule has 2 aromatic carbocycles. The van der Waals surface area contributed by atoms with Gasteiger partial charge in [-0.2, -0.15) is 5.10 Å². The number of nitrogens with zero attached hydrogens (tertiary/aromatic N) is 1. The number of halogens is 2. The number of nitrogens with one attached hydrogen (secondary N) is 1. The van der Waals surface area contributed by atoms with Crippen LogP contribution in [-0.4, -0.2) is 16.0 Å². The Balaban J connectivity index is 1.65. The fourth-order valence-electron chi connectivity index (χ4n) is 4.16. The highest BCUT2D eigenvalue weighted by Gasteiger charge is 2.33. The number of ketones is 1. The van der Waals surface area contributed by atoms with Crippen LogP contribution in [-0.2, 0) is 11.2 Å². The minimum Gasteiger partial charge on any atom is -0.299 e. The summed E-state index contributed by atoms with van der Waals surface area (Å²) in [6.45, 7) is 0. The Kier molecular flexibility index (Phi) is 5.07. The van der Waals surface area contributed by atoms with Crippen LogP contribution < -0.4 is 0 Å². The number of hydrogen-bond donors (Lipinski definition) is 1. The highest BCUT2D eigenvalue weighted by Crippen LogP contribution is 2.39. The number of aromatic amines is 1. The number of Topliss-reactive ketones (excluding diaryl/α,β-unsaturated/α-hetero) is 1. The Bertz CT molecular complexity index is 946. The van der Waals surface area contributed by atoms with Crippen molar-refractivity contribution in [1.82, 2.24) is 10.2 Å². The highest BCUT2D eigenvalue weighted by molar-refractivity contribution is 14.1. The van der Waals surface area contributed by atoms with Gasteiger partial charge in [0, 0.05) is 17.7 Å². The van der Waals surface area contributed by atoms with Crippen molar-refractivity contribution in [3.63, 3.8) is 0 Å². The molecule has 4 rings (SSSR count). The van der Waals surface area contributed by atoms with Crippen molar-refractivity contribution >= 4 is 39.3 Å². The van der Waals surface area contributed by atoms with Gasteiger partial charge < -0.3 is 0 Å². The number of H-pyrrole nitrogens is 1. The Labute approximate surface area is 165 Å². The highest BCUT2D eigenvalue weighted by atomic mass is 127. The first-order valence-electron chi connectivity index (χ1n) is 9.03. The molecular formula is C21H20FIN2O. The summed E-state index contributed by atoms with van der Waals surface area (Å²) in [5, 5.41) is 8.22. The van der Waals surface area contributed by atoms with Crippen LogP contribution in [0.1, 0.15) is 42.7 Å². The SMILES string of the molecule is O=C(Cc1ccc2n[nH]c(I)c2c1)C(c1ccccc1F)C1CCCC1. The predicted molar refractivity (Wildman–Crippen MR) is 109 cm³/mol. The van der Waals surface area contributed by atoms with Crippen LogP contribution in [0.5, 0.6) is 0 Å². The fourth-order valence-corrected chi connectivity index (χ4v) is 4.71. The fraction of sp³-hybridized carbons (Fsp3) is 0.333. The third-order valence-corrected chi connectivity index (χ3v) is 6.23. The van der Waals surface area contributed by atoms with Gasteiger partial charge in [-0.05, 0) is 70.7 Å². The molecule has 0 spiro atoms. The Morgan fingerprint density at radius 2 is 2.00 bits per heavy atom. The zero-order chi connectivity index (χ0) is 18.1. The molecule has 1 aromatic heterocycles. The van der Waals surface area contributed by atoms with E-state index < -0.39 is 0 Å². The minimum atomic E-state index is -0.349. The standard InChI is InChI=1S/C21H20FIN2O/c22-17-8-4-3-7-15(17)20(14-5-1-2-6-14)19(26)12-13-9-10-18-16(11-13)21(23)25-24-18/h3-4,7-11,14,20H,1-2,5-6,12H2,(H,24,25). The second-order valence-electron chi connectivity index (χ2n) is 7.08. The van der Waals surface area contributed by atoms with Crippen LogP contribution in [0.25, 0.3) is 10.9 Å². The number of aromatic nitrogens is 2. The predicted octanol–water partition coefficient (Wildman–Crippen LogP) is 5.39. The summed E-state index contributed by atoms with van der Waals surface area (Å²) in [5.74, 6) is -0.257. The molecule has 1 aliphatic carbocycles. The number of benzene rings is 2. The van der Waals surface area contributed by atoms with Crippen molar-refractivity contribution in [1.29, 1.82) is 0 Å². The largest absolute Gasteiger partial charge is 0.299 e. The van der Waals surface area contributed by atoms with E-state index in [-0.39, 0.29) is 23.4 Å². The monoisotopic (exact) mass is 462 g/mol. The molecule has 134 valence electrons. The molecule has 1 saturated carbocycles. The summed E-state index contributed by atoms with van der Waals surface area (Å²) >= 11 is 2.21. The number of carbonyl (C=O) groups excluding carboxylic acids is 1. The molecule has 26 heavy (non-hydrogen) atoms. The molecule has 1 heterocycles. The van der Waals surface area contributed by atoms with Crippen molar-refractivity contribution in [3.8, 4) is 0 Å². The van der Waals surface area contributed by atoms with Gasteiger partial charge >= 0.3 is 0 Å². The summed E-state index contributed by atoms with van der Waals surface area (Å²) in [7, 11) is 0. The normalized spacial score (nSPS) is 16.2. The van der Waals surface area contributed by atoms with Gasteiger partial charge in [-0.1, -0.05) is 37.1 Å². The summed E-state index contributed by atoms with van der Waals surface area (Å²) in [6.07, 6.45) is 4.59. The van der Waals surface area contributed by atoms with Crippen molar-refractivity contribution in [2.24, 2.45) is 5.92 Å². The van der Waals surface area contributed by atoms with Gasteiger partial charge in [-0.25, -0.2) is 4.39 Å². The molecule has 0 aliphatic heterocycles. The third-order valence-electron chi connectivity index (χ3n) is 5.41. The van der Waals surface area contributed by atoms with Gasteiger partial charge in [0.1, 0.15) is 15.3 Å². The van der Waals surface area contributed by atoms with Gasteiger partial charge in [-0.3, -0.25) is 9.89 Å². The van der Waals surface area contributed by atoms with E-state index in [0.29, 0.717) is 12.0 Å². The molecule has 0 bridgehead atoms. The van der Waals surface area contributed by atoms with E-state index >= 15 is 0 Å². The van der Waals surface area contributed by atoms with Crippen LogP contribution in [0.15, 0.2) is 42.5 Å². The molecule has 0 amide bonds. The second kappa shape index (κ2) is 7.47. The summed E-state index contributed by atoms with van der Waals surface area (Å²) in [5.41, 5.74) is 2.41. The minimum absolute atomic E-state index is 0.111. The van der Waals surface area contributed by atoms with Crippen LogP contribution in [0.2, 0.25) is 0 Å².